The molecule has 1 amide bonds. The fourth-order valence-electron chi connectivity index (χ4n) is 2.57. The average Bonchev–Trinajstić information content (AvgIpc) is 2.58. The van der Waals surface area contributed by atoms with Crippen LogP contribution < -0.4 is 10.7 Å². The molecule has 122 valence electrons. The lowest BCUT2D eigenvalue weighted by molar-refractivity contribution is 0.0946. The summed E-state index contributed by atoms with van der Waals surface area (Å²) in [6.07, 6.45) is 0.625. The molecule has 1 aromatic heterocycles. The summed E-state index contributed by atoms with van der Waals surface area (Å²) < 4.78 is 1.54. The van der Waals surface area contributed by atoms with Gasteiger partial charge < -0.3 is 5.32 Å². The number of rotatable bonds is 4. The molecule has 5 nitrogen and oxygen atoms in total. The molecule has 1 N–H and O–H groups in total. The Balaban J connectivity index is 1.77. The Hall–Kier alpha value is -2.66. The number of nitrogens with zero attached hydrogens (tertiary/aromatic N) is 2. The molecule has 0 atom stereocenters. The lowest BCUT2D eigenvalue weighted by Crippen LogP contribution is -2.33. The van der Waals surface area contributed by atoms with Crippen molar-refractivity contribution in [3.63, 3.8) is 0 Å². The van der Waals surface area contributed by atoms with Crippen molar-refractivity contribution >= 4 is 28.4 Å². The van der Waals surface area contributed by atoms with Crippen molar-refractivity contribution in [1.29, 1.82) is 0 Å². The topological polar surface area (TPSA) is 64.0 Å². The summed E-state index contributed by atoms with van der Waals surface area (Å²) >= 11 is 5.93. The summed E-state index contributed by atoms with van der Waals surface area (Å²) in [5.74, 6) is -0.469. The van der Waals surface area contributed by atoms with Crippen molar-refractivity contribution in [1.82, 2.24) is 15.1 Å². The molecule has 24 heavy (non-hydrogen) atoms. The quantitative estimate of drug-likeness (QED) is 0.793. The second-order valence-electron chi connectivity index (χ2n) is 5.45. The Bertz CT molecular complexity index is 966. The van der Waals surface area contributed by atoms with Gasteiger partial charge >= 0.3 is 0 Å². The van der Waals surface area contributed by atoms with Gasteiger partial charge in [0.15, 0.2) is 5.69 Å². The number of fused-ring (bicyclic) bond motifs is 1. The molecule has 2 aromatic carbocycles. The summed E-state index contributed by atoms with van der Waals surface area (Å²) in [4.78, 5) is 24.8. The highest BCUT2D eigenvalue weighted by Gasteiger charge is 2.15. The first-order valence-electron chi connectivity index (χ1n) is 7.55. The lowest BCUT2D eigenvalue weighted by Gasteiger charge is -2.08. The number of benzene rings is 2. The van der Waals surface area contributed by atoms with E-state index in [1.165, 1.54) is 0 Å². The number of carbonyl (C=O) groups is 1. The lowest BCUT2D eigenvalue weighted by atomic mass is 10.1. The number of nitrogens with one attached hydrogen (secondary N) is 1. The van der Waals surface area contributed by atoms with Gasteiger partial charge in [-0.1, -0.05) is 35.9 Å². The van der Waals surface area contributed by atoms with E-state index in [0.29, 0.717) is 28.9 Å². The molecule has 0 fully saturated rings. The Morgan fingerprint density at radius 3 is 2.79 bits per heavy atom. The van der Waals surface area contributed by atoms with Crippen molar-refractivity contribution < 1.29 is 4.79 Å². The van der Waals surface area contributed by atoms with Crippen LogP contribution in [-0.4, -0.2) is 22.2 Å². The zero-order valence-electron chi connectivity index (χ0n) is 13.1. The first-order valence-corrected chi connectivity index (χ1v) is 7.93. The molecule has 6 heteroatoms. The first kappa shape index (κ1) is 16.2. The molecule has 3 rings (SSSR count). The summed E-state index contributed by atoms with van der Waals surface area (Å²) in [5.41, 5.74) is 1.26. The second-order valence-corrected chi connectivity index (χ2v) is 5.89. The molecule has 0 aliphatic heterocycles. The van der Waals surface area contributed by atoms with E-state index < -0.39 is 5.91 Å². The SMILES string of the molecule is Cn1nc(C(=O)NCCc2cccc(Cl)c2)c(=O)c2ccccc21. The standard InChI is InChI=1S/C18H16ClN3O2/c1-22-15-8-3-2-7-14(15)17(23)16(21-22)18(24)20-10-9-12-5-4-6-13(19)11-12/h2-8,11H,9-10H2,1H3,(H,20,24). The van der Waals surface area contributed by atoms with Gasteiger partial charge in [0.1, 0.15) is 0 Å². The van der Waals surface area contributed by atoms with Gasteiger partial charge in [0.25, 0.3) is 5.91 Å². The Morgan fingerprint density at radius 2 is 2.00 bits per heavy atom. The van der Waals surface area contributed by atoms with Crippen molar-refractivity contribution in [2.75, 3.05) is 6.54 Å². The highest BCUT2D eigenvalue weighted by molar-refractivity contribution is 6.30. The van der Waals surface area contributed by atoms with Crippen molar-refractivity contribution in [2.24, 2.45) is 7.05 Å². The van der Waals surface area contributed by atoms with Crippen LogP contribution >= 0.6 is 11.6 Å². The summed E-state index contributed by atoms with van der Waals surface area (Å²) in [6, 6.07) is 14.5. The van der Waals surface area contributed by atoms with Crippen LogP contribution in [0.1, 0.15) is 16.1 Å². The molecule has 0 aliphatic carbocycles. The third-order valence-electron chi connectivity index (χ3n) is 3.77. The van der Waals surface area contributed by atoms with E-state index in [2.05, 4.69) is 10.4 Å². The second kappa shape index (κ2) is 6.84. The summed E-state index contributed by atoms with van der Waals surface area (Å²) in [5, 5.41) is 7.99. The van der Waals surface area contributed by atoms with Crippen LogP contribution in [0.25, 0.3) is 10.9 Å². The highest BCUT2D eigenvalue weighted by Crippen LogP contribution is 2.11. The Labute approximate surface area is 143 Å². The fraction of sp³-hybridized carbons (Fsp3) is 0.167. The molecule has 0 bridgehead atoms. The van der Waals surface area contributed by atoms with Gasteiger partial charge in [-0.3, -0.25) is 14.3 Å². The van der Waals surface area contributed by atoms with Gasteiger partial charge in [-0.15, -0.1) is 0 Å². The molecule has 0 saturated heterocycles. The van der Waals surface area contributed by atoms with E-state index >= 15 is 0 Å². The fourth-order valence-corrected chi connectivity index (χ4v) is 2.78. The first-order chi connectivity index (χ1) is 11.6. The van der Waals surface area contributed by atoms with Gasteiger partial charge in [-0.2, -0.15) is 5.10 Å². The van der Waals surface area contributed by atoms with Crippen LogP contribution in [0.15, 0.2) is 53.3 Å². The predicted octanol–water partition coefficient (Wildman–Crippen LogP) is 2.56. The van der Waals surface area contributed by atoms with Gasteiger partial charge in [0.2, 0.25) is 5.43 Å². The molecule has 0 radical (unpaired) electrons. The Kier molecular flexibility index (Phi) is 4.62. The van der Waals surface area contributed by atoms with Crippen LogP contribution in [-0.2, 0) is 13.5 Å². The van der Waals surface area contributed by atoms with E-state index in [4.69, 9.17) is 11.6 Å². The van der Waals surface area contributed by atoms with Crippen molar-refractivity contribution in [3.8, 4) is 0 Å². The van der Waals surface area contributed by atoms with Crippen LogP contribution in [0.2, 0.25) is 5.02 Å². The molecule has 0 unspecified atom stereocenters. The van der Waals surface area contributed by atoms with Gasteiger partial charge in [0.05, 0.1) is 5.52 Å². The monoisotopic (exact) mass is 341 g/mol. The molecular weight excluding hydrogens is 326 g/mol. The molecule has 3 aromatic rings. The van der Waals surface area contributed by atoms with Gasteiger partial charge in [-0.05, 0) is 36.2 Å². The number of amides is 1. The Morgan fingerprint density at radius 1 is 1.21 bits per heavy atom. The zero-order chi connectivity index (χ0) is 17.1. The van der Waals surface area contributed by atoms with Crippen LogP contribution in [0, 0.1) is 0 Å². The summed E-state index contributed by atoms with van der Waals surface area (Å²) in [6.45, 7) is 0.400. The maximum atomic E-state index is 12.4. The van der Waals surface area contributed by atoms with E-state index in [-0.39, 0.29) is 11.1 Å². The number of aromatic nitrogens is 2. The predicted molar refractivity (Wildman–Crippen MR) is 94.5 cm³/mol. The smallest absolute Gasteiger partial charge is 0.275 e. The number of carbonyl (C=O) groups excluding carboxylic acids is 1. The third kappa shape index (κ3) is 3.31. The van der Waals surface area contributed by atoms with E-state index in [1.54, 1.807) is 36.0 Å². The number of para-hydroxylation sites is 1. The van der Waals surface area contributed by atoms with Gasteiger partial charge in [-0.25, -0.2) is 0 Å². The van der Waals surface area contributed by atoms with E-state index in [9.17, 15) is 9.59 Å². The average molecular weight is 342 g/mol. The number of halogens is 1. The normalized spacial score (nSPS) is 10.8. The highest BCUT2D eigenvalue weighted by atomic mass is 35.5. The molecule has 0 saturated carbocycles. The number of hydrogen-bond donors (Lipinski definition) is 1. The van der Waals surface area contributed by atoms with Crippen LogP contribution in [0.4, 0.5) is 0 Å². The largest absolute Gasteiger partial charge is 0.350 e. The van der Waals surface area contributed by atoms with E-state index in [1.807, 2.05) is 24.3 Å². The minimum Gasteiger partial charge on any atom is -0.350 e. The minimum atomic E-state index is -0.469. The minimum absolute atomic E-state index is 0.0951. The molecule has 1 heterocycles. The van der Waals surface area contributed by atoms with Crippen molar-refractivity contribution in [2.45, 2.75) is 6.42 Å². The van der Waals surface area contributed by atoms with E-state index in [0.717, 1.165) is 5.56 Å². The molecule has 0 aliphatic rings. The number of aryl methyl sites for hydroxylation is 1. The van der Waals surface area contributed by atoms with Gasteiger partial charge in [0, 0.05) is 24.0 Å². The zero-order valence-corrected chi connectivity index (χ0v) is 13.9. The maximum Gasteiger partial charge on any atom is 0.275 e. The number of hydrogen-bond acceptors (Lipinski definition) is 3. The summed E-state index contributed by atoms with van der Waals surface area (Å²) in [7, 11) is 1.71. The molecule has 0 spiro atoms. The van der Waals surface area contributed by atoms with Crippen LogP contribution in [0.5, 0.6) is 0 Å². The molecular formula is C18H16ClN3O2. The van der Waals surface area contributed by atoms with Crippen LogP contribution in [0.3, 0.4) is 0 Å². The third-order valence-corrected chi connectivity index (χ3v) is 4.00. The maximum absolute atomic E-state index is 12.4. The van der Waals surface area contributed by atoms with Crippen molar-refractivity contribution in [3.05, 3.63) is 75.0 Å².